The van der Waals surface area contributed by atoms with Crippen LogP contribution in [0.3, 0.4) is 0 Å². The van der Waals surface area contributed by atoms with Gasteiger partial charge in [0.05, 0.1) is 6.61 Å². The van der Waals surface area contributed by atoms with Gasteiger partial charge in [-0.2, -0.15) is 0 Å². The van der Waals surface area contributed by atoms with E-state index in [1.165, 1.54) is 63.5 Å². The molecule has 0 N–H and O–H groups in total. The molecule has 0 amide bonds. The van der Waals surface area contributed by atoms with E-state index in [9.17, 15) is 0 Å². The number of ether oxygens (including phenoxy) is 2. The van der Waals surface area contributed by atoms with Gasteiger partial charge in [-0.25, -0.2) is 0 Å². The molecule has 13 fully saturated rings. The number of hydrogen-bond acceptors (Lipinski definition) is 2. The Morgan fingerprint density at radius 2 is 0.829 bits per heavy atom. The second-order valence-electron chi connectivity index (χ2n) is 18.8. The molecule has 220 valence electrons. The molecule has 12 saturated carbocycles. The number of epoxide rings is 1. The van der Waals surface area contributed by atoms with Gasteiger partial charge in [0, 0.05) is 0 Å². The molecular weight excluding hydrogens is 500 g/mol. The van der Waals surface area contributed by atoms with Crippen LogP contribution in [0.5, 0.6) is 5.75 Å². The van der Waals surface area contributed by atoms with E-state index in [1.54, 1.807) is 57.8 Å². The van der Waals surface area contributed by atoms with Crippen LogP contribution in [-0.4, -0.2) is 19.3 Å². The summed E-state index contributed by atoms with van der Waals surface area (Å²) in [7, 11) is 0. The van der Waals surface area contributed by atoms with Crippen LogP contribution in [0.1, 0.15) is 132 Å². The van der Waals surface area contributed by atoms with Gasteiger partial charge >= 0.3 is 0 Å². The first-order valence-electron chi connectivity index (χ1n) is 18.4. The molecule has 1 unspecified atom stereocenters. The standard InChI is InChI=1S/C39H52O2/c1-23-2-25-3-24(1)13-37(12-23,14-25)34-10-32(40-21-33-22-41-33)11-35(38-15-26-4-27(16-38)6-28(5-26)17-38)36(34)39-18-29-7-30(19-39)9-31(8-29)20-39/h10-11,23-31,33H,1-9,12-22H2. The van der Waals surface area contributed by atoms with E-state index in [4.69, 9.17) is 9.47 Å². The molecule has 2 heteroatoms. The number of rotatable bonds is 6. The zero-order valence-corrected chi connectivity index (χ0v) is 25.4. The van der Waals surface area contributed by atoms with Gasteiger partial charge in [0.1, 0.15) is 18.5 Å². The second kappa shape index (κ2) is 8.17. The van der Waals surface area contributed by atoms with Crippen molar-refractivity contribution in [3.05, 3.63) is 28.8 Å². The van der Waals surface area contributed by atoms with Gasteiger partial charge in [-0.15, -0.1) is 0 Å². The van der Waals surface area contributed by atoms with Crippen LogP contribution >= 0.6 is 0 Å². The molecule has 12 aliphatic carbocycles. The summed E-state index contributed by atoms with van der Waals surface area (Å²) in [6.45, 7) is 1.66. The molecular formula is C39H52O2. The molecule has 41 heavy (non-hydrogen) atoms. The molecule has 1 atom stereocenters. The summed E-state index contributed by atoms with van der Waals surface area (Å²) in [5.74, 6) is 10.3. The zero-order chi connectivity index (χ0) is 26.6. The van der Waals surface area contributed by atoms with Crippen molar-refractivity contribution in [2.75, 3.05) is 13.2 Å². The topological polar surface area (TPSA) is 21.8 Å². The largest absolute Gasteiger partial charge is 0.491 e. The van der Waals surface area contributed by atoms with Crippen molar-refractivity contribution in [3.63, 3.8) is 0 Å². The summed E-state index contributed by atoms with van der Waals surface area (Å²) in [6.07, 6.45) is 27.8. The predicted molar refractivity (Wildman–Crippen MR) is 161 cm³/mol. The highest BCUT2D eigenvalue weighted by molar-refractivity contribution is 5.55. The molecule has 0 spiro atoms. The van der Waals surface area contributed by atoms with Crippen molar-refractivity contribution < 1.29 is 9.47 Å². The Morgan fingerprint density at radius 3 is 1.15 bits per heavy atom. The van der Waals surface area contributed by atoms with E-state index in [2.05, 4.69) is 12.1 Å². The minimum atomic E-state index is 0.337. The lowest BCUT2D eigenvalue weighted by Gasteiger charge is -2.63. The highest BCUT2D eigenvalue weighted by Gasteiger charge is 2.60. The quantitative estimate of drug-likeness (QED) is 0.329. The predicted octanol–water partition coefficient (Wildman–Crippen LogP) is 8.87. The van der Waals surface area contributed by atoms with Gasteiger partial charge in [-0.1, -0.05) is 0 Å². The lowest BCUT2D eigenvalue weighted by molar-refractivity contribution is -0.0245. The first-order chi connectivity index (χ1) is 20.0. The first-order valence-corrected chi connectivity index (χ1v) is 18.4. The summed E-state index contributed by atoms with van der Waals surface area (Å²) in [5.41, 5.74) is 7.15. The third kappa shape index (κ3) is 3.58. The molecule has 1 saturated heterocycles. The van der Waals surface area contributed by atoms with Crippen molar-refractivity contribution >= 4 is 0 Å². The maximum Gasteiger partial charge on any atom is 0.120 e. The Kier molecular flexibility index (Phi) is 4.84. The summed E-state index contributed by atoms with van der Waals surface area (Å²) >= 11 is 0. The minimum Gasteiger partial charge on any atom is -0.491 e. The van der Waals surface area contributed by atoms with E-state index in [-0.39, 0.29) is 0 Å². The Morgan fingerprint density at radius 1 is 0.512 bits per heavy atom. The second-order valence-corrected chi connectivity index (χ2v) is 18.8. The smallest absolute Gasteiger partial charge is 0.120 e. The van der Waals surface area contributed by atoms with E-state index in [0.29, 0.717) is 22.3 Å². The van der Waals surface area contributed by atoms with Crippen LogP contribution in [-0.2, 0) is 21.0 Å². The van der Waals surface area contributed by atoms with Gasteiger partial charge in [0.25, 0.3) is 0 Å². The zero-order valence-electron chi connectivity index (χ0n) is 25.4. The molecule has 2 nitrogen and oxygen atoms in total. The monoisotopic (exact) mass is 552 g/mol. The van der Waals surface area contributed by atoms with Crippen LogP contribution in [0, 0.1) is 53.3 Å². The molecule has 0 radical (unpaired) electrons. The van der Waals surface area contributed by atoms with E-state index in [1.807, 2.05) is 16.7 Å². The Bertz CT molecular complexity index is 1100. The molecule has 12 bridgehead atoms. The molecule has 1 heterocycles. The fourth-order valence-corrected chi connectivity index (χ4v) is 15.8. The van der Waals surface area contributed by atoms with Gasteiger partial charge in [0.2, 0.25) is 0 Å². The SMILES string of the molecule is c1c(OCC2CO2)cc(C23CC4CC(CC(C4)C2)C3)c(C23CC4CC(CC(C4)C2)C3)c1C12CC3CC(CC(C3)C1)C2. The molecule has 13 aliphatic rings. The van der Waals surface area contributed by atoms with Crippen molar-refractivity contribution in [2.45, 2.75) is 138 Å². The molecule has 0 aromatic heterocycles. The average Bonchev–Trinajstić information content (AvgIpc) is 3.74. The maximum absolute atomic E-state index is 6.79. The lowest BCUT2D eigenvalue weighted by Crippen LogP contribution is -2.55. The lowest BCUT2D eigenvalue weighted by atomic mass is 9.41. The molecule has 1 aliphatic heterocycles. The number of benzene rings is 1. The normalized spacial score (nSPS) is 54.7. The molecule has 1 aromatic carbocycles. The first kappa shape index (κ1) is 24.3. The van der Waals surface area contributed by atoms with Crippen molar-refractivity contribution in [1.29, 1.82) is 0 Å². The van der Waals surface area contributed by atoms with Gasteiger partial charge in [-0.05, 0) is 214 Å². The third-order valence-electron chi connectivity index (χ3n) is 15.7. The third-order valence-corrected chi connectivity index (χ3v) is 15.7. The summed E-state index contributed by atoms with van der Waals surface area (Å²) in [4.78, 5) is 0. The van der Waals surface area contributed by atoms with Crippen LogP contribution in [0.2, 0.25) is 0 Å². The van der Waals surface area contributed by atoms with Crippen LogP contribution in [0.4, 0.5) is 0 Å². The fraction of sp³-hybridized carbons (Fsp3) is 0.846. The number of hydrogen-bond donors (Lipinski definition) is 0. The maximum atomic E-state index is 6.79. The summed E-state index contributed by atoms with van der Waals surface area (Å²) < 4.78 is 12.4. The van der Waals surface area contributed by atoms with Crippen LogP contribution in [0.25, 0.3) is 0 Å². The Labute approximate surface area is 248 Å². The van der Waals surface area contributed by atoms with Crippen molar-refractivity contribution in [3.8, 4) is 5.75 Å². The van der Waals surface area contributed by atoms with Gasteiger partial charge < -0.3 is 9.47 Å². The van der Waals surface area contributed by atoms with Gasteiger partial charge in [0.15, 0.2) is 0 Å². The fourth-order valence-electron chi connectivity index (χ4n) is 15.8. The van der Waals surface area contributed by atoms with Crippen LogP contribution < -0.4 is 4.74 Å². The van der Waals surface area contributed by atoms with Crippen molar-refractivity contribution in [1.82, 2.24) is 0 Å². The van der Waals surface area contributed by atoms with Crippen LogP contribution in [0.15, 0.2) is 12.1 Å². The van der Waals surface area contributed by atoms with Gasteiger partial charge in [-0.3, -0.25) is 0 Å². The summed E-state index contributed by atoms with van der Waals surface area (Å²) in [6, 6.07) is 5.43. The van der Waals surface area contributed by atoms with E-state index < -0.39 is 0 Å². The van der Waals surface area contributed by atoms with E-state index in [0.717, 1.165) is 66.5 Å². The summed E-state index contributed by atoms with van der Waals surface area (Å²) in [5, 5.41) is 0. The molecule has 1 aromatic rings. The highest BCUT2D eigenvalue weighted by atomic mass is 16.6. The highest BCUT2D eigenvalue weighted by Crippen LogP contribution is 2.69. The molecule has 14 rings (SSSR count). The van der Waals surface area contributed by atoms with E-state index >= 15 is 0 Å². The Hall–Kier alpha value is -1.02. The Balaban J connectivity index is 1.15. The minimum absolute atomic E-state index is 0.337. The average molecular weight is 553 g/mol. The van der Waals surface area contributed by atoms with Crippen molar-refractivity contribution in [2.24, 2.45) is 53.3 Å².